The molecule has 2 aromatic carbocycles. The van der Waals surface area contributed by atoms with E-state index >= 15 is 0 Å². The molecule has 2 aromatic rings. The molecular weight excluding hydrogens is 326 g/mol. The van der Waals surface area contributed by atoms with Gasteiger partial charge in [-0.05, 0) is 48.7 Å². The first-order chi connectivity index (χ1) is 12.7. The van der Waals surface area contributed by atoms with E-state index in [2.05, 4.69) is 0 Å². The largest absolute Gasteiger partial charge is 0.497 e. The number of ketones is 1. The SMILES string of the molecule is COc1ccc(C(=O)C2CCN(C(=O)/C=C/c3ccccc3)CC2)cc1. The van der Waals surface area contributed by atoms with E-state index in [9.17, 15) is 9.59 Å². The van der Waals surface area contributed by atoms with Crippen LogP contribution in [0.25, 0.3) is 6.08 Å². The van der Waals surface area contributed by atoms with E-state index in [1.54, 1.807) is 37.5 Å². The van der Waals surface area contributed by atoms with Gasteiger partial charge in [0.25, 0.3) is 0 Å². The Labute approximate surface area is 154 Å². The van der Waals surface area contributed by atoms with Crippen LogP contribution in [-0.2, 0) is 4.79 Å². The number of methoxy groups -OCH3 is 1. The zero-order valence-corrected chi connectivity index (χ0v) is 14.9. The molecule has 0 saturated carbocycles. The van der Waals surface area contributed by atoms with Crippen LogP contribution in [0.5, 0.6) is 5.75 Å². The summed E-state index contributed by atoms with van der Waals surface area (Å²) in [4.78, 5) is 26.8. The van der Waals surface area contributed by atoms with Crippen LogP contribution in [0.2, 0.25) is 0 Å². The van der Waals surface area contributed by atoms with Crippen molar-refractivity contribution in [3.8, 4) is 5.75 Å². The van der Waals surface area contributed by atoms with Crippen molar-refractivity contribution in [2.45, 2.75) is 12.8 Å². The van der Waals surface area contributed by atoms with E-state index in [-0.39, 0.29) is 17.6 Å². The van der Waals surface area contributed by atoms with Gasteiger partial charge in [0.2, 0.25) is 5.91 Å². The lowest BCUT2D eigenvalue weighted by Crippen LogP contribution is -2.39. The Morgan fingerprint density at radius 3 is 2.27 bits per heavy atom. The highest BCUT2D eigenvalue weighted by Gasteiger charge is 2.27. The first-order valence-electron chi connectivity index (χ1n) is 8.87. The maximum atomic E-state index is 12.6. The third-order valence-corrected chi connectivity index (χ3v) is 4.77. The van der Waals surface area contributed by atoms with Gasteiger partial charge in [0.15, 0.2) is 5.78 Å². The van der Waals surface area contributed by atoms with Crippen molar-refractivity contribution < 1.29 is 14.3 Å². The lowest BCUT2D eigenvalue weighted by atomic mass is 9.89. The smallest absolute Gasteiger partial charge is 0.246 e. The van der Waals surface area contributed by atoms with Gasteiger partial charge in [-0.1, -0.05) is 30.3 Å². The molecule has 0 aliphatic carbocycles. The highest BCUT2D eigenvalue weighted by Crippen LogP contribution is 2.23. The molecule has 134 valence electrons. The average Bonchev–Trinajstić information content (AvgIpc) is 2.72. The van der Waals surface area contributed by atoms with E-state index < -0.39 is 0 Å². The van der Waals surface area contributed by atoms with Crippen molar-refractivity contribution in [3.05, 3.63) is 71.8 Å². The zero-order valence-electron chi connectivity index (χ0n) is 14.9. The maximum Gasteiger partial charge on any atom is 0.246 e. The Morgan fingerprint density at radius 1 is 1.00 bits per heavy atom. The summed E-state index contributed by atoms with van der Waals surface area (Å²) in [5.41, 5.74) is 1.71. The van der Waals surface area contributed by atoms with E-state index in [1.807, 2.05) is 41.3 Å². The van der Waals surface area contributed by atoms with Crippen LogP contribution in [0, 0.1) is 5.92 Å². The monoisotopic (exact) mass is 349 g/mol. The van der Waals surface area contributed by atoms with Crippen LogP contribution in [-0.4, -0.2) is 36.8 Å². The molecule has 1 fully saturated rings. The quantitative estimate of drug-likeness (QED) is 0.609. The summed E-state index contributed by atoms with van der Waals surface area (Å²) in [5, 5.41) is 0. The van der Waals surface area contributed by atoms with E-state index in [0.29, 0.717) is 31.5 Å². The topological polar surface area (TPSA) is 46.6 Å². The number of rotatable bonds is 5. The number of piperidine rings is 1. The summed E-state index contributed by atoms with van der Waals surface area (Å²) < 4.78 is 5.13. The second-order valence-electron chi connectivity index (χ2n) is 6.44. The molecule has 0 unspecified atom stereocenters. The van der Waals surface area contributed by atoms with Crippen LogP contribution in [0.4, 0.5) is 0 Å². The molecular formula is C22H23NO3. The predicted molar refractivity (Wildman–Crippen MR) is 102 cm³/mol. The Morgan fingerprint density at radius 2 is 1.65 bits per heavy atom. The Bertz CT molecular complexity index is 773. The average molecular weight is 349 g/mol. The summed E-state index contributed by atoms with van der Waals surface area (Å²) in [7, 11) is 1.61. The van der Waals surface area contributed by atoms with E-state index in [0.717, 1.165) is 11.3 Å². The van der Waals surface area contributed by atoms with Crippen molar-refractivity contribution in [3.63, 3.8) is 0 Å². The molecule has 0 N–H and O–H groups in total. The predicted octanol–water partition coefficient (Wildman–Crippen LogP) is 3.83. The van der Waals surface area contributed by atoms with Gasteiger partial charge in [0.05, 0.1) is 7.11 Å². The second kappa shape index (κ2) is 8.48. The van der Waals surface area contributed by atoms with Gasteiger partial charge in [-0.2, -0.15) is 0 Å². The number of carbonyl (C=O) groups is 2. The molecule has 1 amide bonds. The summed E-state index contributed by atoms with van der Waals surface area (Å²) in [6.07, 6.45) is 4.85. The fraction of sp³-hybridized carbons (Fsp3) is 0.273. The van der Waals surface area contributed by atoms with Crippen LogP contribution >= 0.6 is 0 Å². The summed E-state index contributed by atoms with van der Waals surface area (Å²) >= 11 is 0. The third kappa shape index (κ3) is 4.39. The number of Topliss-reactive ketones (excluding diaryl/α,β-unsaturated/α-hetero) is 1. The Kier molecular flexibility index (Phi) is 5.84. The van der Waals surface area contributed by atoms with Gasteiger partial charge < -0.3 is 9.64 Å². The summed E-state index contributed by atoms with van der Waals surface area (Å²) in [6.45, 7) is 1.23. The minimum absolute atomic E-state index is 0.00389. The van der Waals surface area contributed by atoms with E-state index in [1.165, 1.54) is 0 Å². The van der Waals surface area contributed by atoms with Gasteiger partial charge >= 0.3 is 0 Å². The number of likely N-dealkylation sites (tertiary alicyclic amines) is 1. The number of hydrogen-bond acceptors (Lipinski definition) is 3. The normalized spacial score (nSPS) is 15.2. The minimum Gasteiger partial charge on any atom is -0.497 e. The summed E-state index contributed by atoms with van der Waals surface area (Å²) in [6, 6.07) is 17.0. The van der Waals surface area contributed by atoms with Crippen LogP contribution < -0.4 is 4.74 Å². The van der Waals surface area contributed by atoms with Gasteiger partial charge in [-0.15, -0.1) is 0 Å². The van der Waals surface area contributed by atoms with Gasteiger partial charge in [0, 0.05) is 30.6 Å². The van der Waals surface area contributed by atoms with Crippen LogP contribution in [0.15, 0.2) is 60.7 Å². The first-order valence-corrected chi connectivity index (χ1v) is 8.87. The molecule has 3 rings (SSSR count). The molecule has 0 spiro atoms. The van der Waals surface area contributed by atoms with Crippen molar-refractivity contribution in [1.82, 2.24) is 4.90 Å². The minimum atomic E-state index is -0.0226. The fourth-order valence-electron chi connectivity index (χ4n) is 3.19. The molecule has 1 aliphatic heterocycles. The molecule has 4 heteroatoms. The highest BCUT2D eigenvalue weighted by atomic mass is 16.5. The molecule has 0 aromatic heterocycles. The molecule has 0 bridgehead atoms. The lowest BCUT2D eigenvalue weighted by Gasteiger charge is -2.30. The zero-order chi connectivity index (χ0) is 18.4. The van der Waals surface area contributed by atoms with E-state index in [4.69, 9.17) is 4.74 Å². The van der Waals surface area contributed by atoms with Gasteiger partial charge in [0.1, 0.15) is 5.75 Å². The second-order valence-corrected chi connectivity index (χ2v) is 6.44. The number of ether oxygens (including phenoxy) is 1. The van der Waals surface area contributed by atoms with Crippen LogP contribution in [0.3, 0.4) is 0 Å². The molecule has 4 nitrogen and oxygen atoms in total. The first kappa shape index (κ1) is 17.9. The van der Waals surface area contributed by atoms with Crippen molar-refractivity contribution in [2.24, 2.45) is 5.92 Å². The summed E-state index contributed by atoms with van der Waals surface area (Å²) in [5.74, 6) is 0.876. The van der Waals surface area contributed by atoms with Crippen molar-refractivity contribution in [1.29, 1.82) is 0 Å². The van der Waals surface area contributed by atoms with Crippen molar-refractivity contribution >= 4 is 17.8 Å². The molecule has 0 atom stereocenters. The van der Waals surface area contributed by atoms with Gasteiger partial charge in [-0.25, -0.2) is 0 Å². The number of amides is 1. The molecule has 1 aliphatic rings. The Balaban J connectivity index is 1.54. The van der Waals surface area contributed by atoms with Crippen LogP contribution in [0.1, 0.15) is 28.8 Å². The lowest BCUT2D eigenvalue weighted by molar-refractivity contribution is -0.127. The maximum absolute atomic E-state index is 12.6. The standard InChI is InChI=1S/C22H23NO3/c1-26-20-10-8-18(9-11-20)22(25)19-13-15-23(16-14-19)21(24)12-7-17-5-3-2-4-6-17/h2-12,19H,13-16H2,1H3/b12-7+. The molecule has 1 saturated heterocycles. The highest BCUT2D eigenvalue weighted by molar-refractivity contribution is 5.98. The number of benzene rings is 2. The van der Waals surface area contributed by atoms with Gasteiger partial charge in [-0.3, -0.25) is 9.59 Å². The number of hydrogen-bond donors (Lipinski definition) is 0. The molecule has 1 heterocycles. The molecule has 26 heavy (non-hydrogen) atoms. The third-order valence-electron chi connectivity index (χ3n) is 4.77. The molecule has 0 radical (unpaired) electrons. The van der Waals surface area contributed by atoms with Crippen molar-refractivity contribution in [2.75, 3.05) is 20.2 Å². The Hall–Kier alpha value is -2.88. The number of carbonyl (C=O) groups excluding carboxylic acids is 2. The number of nitrogens with zero attached hydrogens (tertiary/aromatic N) is 1. The fourth-order valence-corrected chi connectivity index (χ4v) is 3.19.